The fourth-order valence-electron chi connectivity index (χ4n) is 2.13. The maximum absolute atomic E-state index is 12.7. The van der Waals surface area contributed by atoms with Crippen molar-refractivity contribution in [3.63, 3.8) is 0 Å². The van der Waals surface area contributed by atoms with Crippen molar-refractivity contribution < 1.29 is 32.6 Å². The van der Waals surface area contributed by atoms with Crippen molar-refractivity contribution >= 4 is 33.2 Å². The van der Waals surface area contributed by atoms with Gasteiger partial charge in [0.15, 0.2) is 6.10 Å². The van der Waals surface area contributed by atoms with E-state index in [-0.39, 0.29) is 29.4 Å². The van der Waals surface area contributed by atoms with Gasteiger partial charge in [-0.1, -0.05) is 0 Å². The molecule has 1 aromatic heterocycles. The molecule has 0 bridgehead atoms. The van der Waals surface area contributed by atoms with Crippen molar-refractivity contribution in [2.75, 3.05) is 40.0 Å². The van der Waals surface area contributed by atoms with Gasteiger partial charge in [0, 0.05) is 20.2 Å². The van der Waals surface area contributed by atoms with Crippen molar-refractivity contribution in [1.29, 1.82) is 0 Å². The minimum atomic E-state index is -3.80. The van der Waals surface area contributed by atoms with E-state index in [1.54, 1.807) is 0 Å². The molecule has 1 unspecified atom stereocenters. The van der Waals surface area contributed by atoms with Crippen LogP contribution in [0, 0.1) is 0 Å². The SMILES string of the molecule is COC(CNC(=O)c1sccc1S(=O)(=O)N1CCOCC1)C(=O)O. The van der Waals surface area contributed by atoms with Crippen molar-refractivity contribution in [2.45, 2.75) is 11.0 Å². The predicted molar refractivity (Wildman–Crippen MR) is 84.7 cm³/mol. The first-order chi connectivity index (χ1) is 11.4. The minimum Gasteiger partial charge on any atom is -0.479 e. The lowest BCUT2D eigenvalue weighted by molar-refractivity contribution is -0.148. The minimum absolute atomic E-state index is 0.0155. The average Bonchev–Trinajstić information content (AvgIpc) is 3.06. The highest BCUT2D eigenvalue weighted by molar-refractivity contribution is 7.89. The molecule has 11 heteroatoms. The van der Waals surface area contributed by atoms with Crippen LogP contribution >= 0.6 is 11.3 Å². The lowest BCUT2D eigenvalue weighted by Crippen LogP contribution is -2.41. The summed E-state index contributed by atoms with van der Waals surface area (Å²) in [6.45, 7) is 0.797. The van der Waals surface area contributed by atoms with Gasteiger partial charge in [-0.2, -0.15) is 4.31 Å². The lowest BCUT2D eigenvalue weighted by atomic mass is 10.3. The summed E-state index contributed by atoms with van der Waals surface area (Å²) < 4.78 is 36.4. The van der Waals surface area contributed by atoms with Crippen LogP contribution in [0.3, 0.4) is 0 Å². The fourth-order valence-corrected chi connectivity index (χ4v) is 4.85. The Balaban J connectivity index is 2.14. The number of nitrogens with zero attached hydrogens (tertiary/aromatic N) is 1. The lowest BCUT2D eigenvalue weighted by Gasteiger charge is -2.26. The maximum atomic E-state index is 12.7. The van der Waals surface area contributed by atoms with Crippen molar-refractivity contribution in [2.24, 2.45) is 0 Å². The van der Waals surface area contributed by atoms with Gasteiger partial charge in [0.05, 0.1) is 19.8 Å². The van der Waals surface area contributed by atoms with E-state index in [1.165, 1.54) is 22.9 Å². The molecule has 0 aromatic carbocycles. The zero-order valence-electron chi connectivity index (χ0n) is 12.9. The van der Waals surface area contributed by atoms with Crippen LogP contribution < -0.4 is 5.32 Å². The van der Waals surface area contributed by atoms with Crippen LogP contribution in [0.2, 0.25) is 0 Å². The smallest absolute Gasteiger partial charge is 0.334 e. The summed E-state index contributed by atoms with van der Waals surface area (Å²) in [5.74, 6) is -1.87. The summed E-state index contributed by atoms with van der Waals surface area (Å²) in [6, 6.07) is 1.37. The number of nitrogens with one attached hydrogen (secondary N) is 1. The second-order valence-corrected chi connectivity index (χ2v) is 7.73. The summed E-state index contributed by atoms with van der Waals surface area (Å²) in [5, 5.41) is 12.8. The molecule has 2 N–H and O–H groups in total. The third-order valence-electron chi connectivity index (χ3n) is 3.43. The van der Waals surface area contributed by atoms with E-state index in [0.717, 1.165) is 11.3 Å². The monoisotopic (exact) mass is 378 g/mol. The number of carbonyl (C=O) groups excluding carboxylic acids is 1. The van der Waals surface area contributed by atoms with Gasteiger partial charge < -0.3 is 19.9 Å². The fraction of sp³-hybridized carbons (Fsp3) is 0.538. The van der Waals surface area contributed by atoms with Crippen LogP contribution in [0.1, 0.15) is 9.67 Å². The van der Waals surface area contributed by atoms with Gasteiger partial charge in [-0.3, -0.25) is 4.79 Å². The van der Waals surface area contributed by atoms with Crippen molar-refractivity contribution in [1.82, 2.24) is 9.62 Å². The molecule has 0 radical (unpaired) electrons. The van der Waals surface area contributed by atoms with Crippen molar-refractivity contribution in [3.05, 3.63) is 16.3 Å². The largest absolute Gasteiger partial charge is 0.479 e. The average molecular weight is 378 g/mol. The molecule has 9 nitrogen and oxygen atoms in total. The van der Waals surface area contributed by atoms with Crippen LogP contribution in [0.25, 0.3) is 0 Å². The highest BCUT2D eigenvalue weighted by Crippen LogP contribution is 2.25. The number of rotatable bonds is 7. The summed E-state index contributed by atoms with van der Waals surface area (Å²) >= 11 is 0.979. The molecular formula is C13H18N2O7S2. The van der Waals surface area contributed by atoms with Gasteiger partial charge >= 0.3 is 5.97 Å². The van der Waals surface area contributed by atoms with E-state index < -0.39 is 28.0 Å². The molecule has 1 aliphatic rings. The third-order valence-corrected chi connectivity index (χ3v) is 6.41. The molecule has 0 aliphatic carbocycles. The molecule has 134 valence electrons. The van der Waals surface area contributed by atoms with Crippen LogP contribution in [-0.4, -0.2) is 75.8 Å². The van der Waals surface area contributed by atoms with Crippen molar-refractivity contribution in [3.8, 4) is 0 Å². The molecule has 1 atom stereocenters. The van der Waals surface area contributed by atoms with E-state index in [1.807, 2.05) is 0 Å². The molecule has 2 rings (SSSR count). The van der Waals surface area contributed by atoms with Gasteiger partial charge in [0.2, 0.25) is 10.0 Å². The first-order valence-electron chi connectivity index (χ1n) is 7.07. The number of sulfonamides is 1. The number of carboxylic acid groups (broad SMARTS) is 1. The summed E-state index contributed by atoms with van der Waals surface area (Å²) in [4.78, 5) is 23.0. The number of amides is 1. The molecule has 0 saturated carbocycles. The summed E-state index contributed by atoms with van der Waals surface area (Å²) in [7, 11) is -2.59. The molecule has 2 heterocycles. The van der Waals surface area contributed by atoms with E-state index in [2.05, 4.69) is 5.32 Å². The van der Waals surface area contributed by atoms with Gasteiger partial charge in [-0.25, -0.2) is 13.2 Å². The standard InChI is InChI=1S/C13H18N2O7S2/c1-21-9(13(17)18)8-14-12(16)11-10(2-7-23-11)24(19,20)15-3-5-22-6-4-15/h2,7,9H,3-6,8H2,1H3,(H,14,16)(H,17,18). The summed E-state index contributed by atoms with van der Waals surface area (Å²) in [6.07, 6.45) is -1.20. The predicted octanol–water partition coefficient (Wildman–Crippen LogP) is -0.402. The number of carbonyl (C=O) groups is 2. The molecule has 24 heavy (non-hydrogen) atoms. The maximum Gasteiger partial charge on any atom is 0.334 e. The van der Waals surface area contributed by atoms with Gasteiger partial charge in [0.25, 0.3) is 5.91 Å². The number of carboxylic acids is 1. The Labute approximate surface area is 143 Å². The number of methoxy groups -OCH3 is 1. The molecule has 1 saturated heterocycles. The van der Waals surface area contributed by atoms with E-state index in [0.29, 0.717) is 13.2 Å². The topological polar surface area (TPSA) is 122 Å². The number of hydrogen-bond donors (Lipinski definition) is 2. The molecule has 1 aliphatic heterocycles. The Hall–Kier alpha value is -1.53. The number of hydrogen-bond acceptors (Lipinski definition) is 7. The normalized spacial score (nSPS) is 17.4. The Morgan fingerprint density at radius 1 is 1.46 bits per heavy atom. The van der Waals surface area contributed by atoms with Crippen LogP contribution in [-0.2, 0) is 24.3 Å². The van der Waals surface area contributed by atoms with E-state index in [4.69, 9.17) is 14.6 Å². The summed E-state index contributed by atoms with van der Waals surface area (Å²) in [5.41, 5.74) is 0. The number of thiophene rings is 1. The van der Waals surface area contributed by atoms with Crippen LogP contribution in [0.15, 0.2) is 16.3 Å². The first kappa shape index (κ1) is 18.8. The van der Waals surface area contributed by atoms with Crippen LogP contribution in [0.4, 0.5) is 0 Å². The Morgan fingerprint density at radius 2 is 2.12 bits per heavy atom. The Kier molecular flexibility index (Phi) is 6.29. The first-order valence-corrected chi connectivity index (χ1v) is 9.39. The second-order valence-electron chi connectivity index (χ2n) is 4.90. The molecule has 0 spiro atoms. The Bertz CT molecular complexity index is 695. The molecular weight excluding hydrogens is 360 g/mol. The second kappa shape index (κ2) is 8.03. The zero-order valence-corrected chi connectivity index (χ0v) is 14.6. The zero-order chi connectivity index (χ0) is 17.7. The van der Waals surface area contributed by atoms with Gasteiger partial charge in [-0.05, 0) is 11.4 Å². The highest BCUT2D eigenvalue weighted by atomic mass is 32.2. The molecule has 1 fully saturated rings. The van der Waals surface area contributed by atoms with E-state index >= 15 is 0 Å². The molecule has 1 aromatic rings. The highest BCUT2D eigenvalue weighted by Gasteiger charge is 2.31. The van der Waals surface area contributed by atoms with Gasteiger partial charge in [-0.15, -0.1) is 11.3 Å². The van der Waals surface area contributed by atoms with Gasteiger partial charge in [0.1, 0.15) is 9.77 Å². The van der Waals surface area contributed by atoms with Crippen LogP contribution in [0.5, 0.6) is 0 Å². The Morgan fingerprint density at radius 3 is 2.71 bits per heavy atom. The third kappa shape index (κ3) is 4.11. The molecule has 1 amide bonds. The number of ether oxygens (including phenoxy) is 2. The number of morpholine rings is 1. The number of aliphatic carboxylic acids is 1. The quantitative estimate of drug-likeness (QED) is 0.662. The van der Waals surface area contributed by atoms with E-state index in [9.17, 15) is 18.0 Å².